The summed E-state index contributed by atoms with van der Waals surface area (Å²) in [4.78, 5) is 14.7. The first-order valence-electron chi connectivity index (χ1n) is 7.76. The number of carbonyl (C=O) groups excluding carboxylic acids is 1. The maximum absolute atomic E-state index is 12.9. The van der Waals surface area contributed by atoms with Gasteiger partial charge in [0.1, 0.15) is 11.6 Å². The molecule has 2 aromatic heterocycles. The summed E-state index contributed by atoms with van der Waals surface area (Å²) in [6, 6.07) is 1.96. The molecule has 122 valence electrons. The van der Waals surface area contributed by atoms with Crippen molar-refractivity contribution in [3.05, 3.63) is 34.3 Å². The zero-order chi connectivity index (χ0) is 16.6. The van der Waals surface area contributed by atoms with Gasteiger partial charge in [0.15, 0.2) is 0 Å². The molecule has 1 aliphatic heterocycles. The molecule has 1 aliphatic rings. The smallest absolute Gasteiger partial charge is 0.230 e. The summed E-state index contributed by atoms with van der Waals surface area (Å²) in [5, 5.41) is 15.3. The number of fused-ring (bicyclic) bond motifs is 1. The molecular weight excluding hydrogens is 294 g/mol. The lowest BCUT2D eigenvalue weighted by Gasteiger charge is -2.30. The second kappa shape index (κ2) is 5.98. The fraction of sp³-hybridized carbons (Fsp3) is 0.500. The van der Waals surface area contributed by atoms with Crippen molar-refractivity contribution >= 4 is 11.7 Å². The molecule has 0 fully saturated rings. The molecule has 3 heterocycles. The summed E-state index contributed by atoms with van der Waals surface area (Å²) in [5.74, 6) is 1.26. The van der Waals surface area contributed by atoms with Gasteiger partial charge in [0.25, 0.3) is 0 Å². The minimum Gasteiger partial charge on any atom is -0.372 e. The standard InChI is InChI=1S/C16H21N5O2/c1-9(15-10(2)20-23-11(15)3)16(22)21-6-5-13-12(8-21)7-14(17-4)19-18-13/h7,9H,5-6,8H2,1-4H3,(H,17,19)/t9-/m0/s1. The molecular formula is C16H21N5O2. The Morgan fingerprint density at radius 1 is 1.39 bits per heavy atom. The van der Waals surface area contributed by atoms with E-state index >= 15 is 0 Å². The summed E-state index contributed by atoms with van der Waals surface area (Å²) < 4.78 is 5.19. The SMILES string of the molecule is CNc1cc2c(nn1)CCN(C(=O)[C@@H](C)c1c(C)noc1C)C2. The predicted molar refractivity (Wildman–Crippen MR) is 85.1 cm³/mol. The van der Waals surface area contributed by atoms with Crippen LogP contribution in [0.5, 0.6) is 0 Å². The summed E-state index contributed by atoms with van der Waals surface area (Å²) in [5.41, 5.74) is 3.70. The zero-order valence-corrected chi connectivity index (χ0v) is 13.9. The monoisotopic (exact) mass is 315 g/mol. The second-order valence-electron chi connectivity index (χ2n) is 5.92. The van der Waals surface area contributed by atoms with Crippen LogP contribution in [0.15, 0.2) is 10.6 Å². The van der Waals surface area contributed by atoms with Crippen LogP contribution in [-0.2, 0) is 17.8 Å². The molecule has 0 bridgehead atoms. The van der Waals surface area contributed by atoms with E-state index in [0.29, 0.717) is 18.8 Å². The fourth-order valence-corrected chi connectivity index (χ4v) is 3.14. The number of anilines is 1. The van der Waals surface area contributed by atoms with Crippen LogP contribution in [-0.4, -0.2) is 39.8 Å². The third-order valence-electron chi connectivity index (χ3n) is 4.40. The maximum Gasteiger partial charge on any atom is 0.230 e. The molecule has 0 aliphatic carbocycles. The van der Waals surface area contributed by atoms with Crippen molar-refractivity contribution in [3.8, 4) is 0 Å². The van der Waals surface area contributed by atoms with Gasteiger partial charge in [0, 0.05) is 32.1 Å². The number of nitrogens with one attached hydrogen (secondary N) is 1. The lowest BCUT2D eigenvalue weighted by atomic mass is 9.96. The van der Waals surface area contributed by atoms with E-state index in [1.165, 1.54) is 0 Å². The minimum atomic E-state index is -0.263. The topological polar surface area (TPSA) is 84.2 Å². The normalized spacial score (nSPS) is 15.2. The Balaban J connectivity index is 1.81. The summed E-state index contributed by atoms with van der Waals surface area (Å²) in [6.07, 6.45) is 0.729. The van der Waals surface area contributed by atoms with E-state index in [9.17, 15) is 4.79 Å². The van der Waals surface area contributed by atoms with Crippen molar-refractivity contribution < 1.29 is 9.32 Å². The van der Waals surface area contributed by atoms with Gasteiger partial charge in [-0.1, -0.05) is 5.16 Å². The first-order valence-corrected chi connectivity index (χ1v) is 7.76. The van der Waals surface area contributed by atoms with E-state index in [-0.39, 0.29) is 11.8 Å². The Kier molecular flexibility index (Phi) is 4.02. The molecule has 1 amide bonds. The van der Waals surface area contributed by atoms with Gasteiger partial charge >= 0.3 is 0 Å². The highest BCUT2D eigenvalue weighted by Crippen LogP contribution is 2.27. The van der Waals surface area contributed by atoms with E-state index in [4.69, 9.17) is 4.52 Å². The van der Waals surface area contributed by atoms with Gasteiger partial charge in [-0.25, -0.2) is 0 Å². The molecule has 0 radical (unpaired) electrons. The summed E-state index contributed by atoms with van der Waals surface area (Å²) >= 11 is 0. The van der Waals surface area contributed by atoms with Gasteiger partial charge < -0.3 is 14.7 Å². The summed E-state index contributed by atoms with van der Waals surface area (Å²) in [7, 11) is 1.81. The Hall–Kier alpha value is -2.44. The van der Waals surface area contributed by atoms with Crippen LogP contribution >= 0.6 is 0 Å². The van der Waals surface area contributed by atoms with Gasteiger partial charge in [0.05, 0.1) is 17.3 Å². The van der Waals surface area contributed by atoms with Crippen molar-refractivity contribution in [2.24, 2.45) is 0 Å². The van der Waals surface area contributed by atoms with Crippen LogP contribution in [0.2, 0.25) is 0 Å². The molecule has 2 aromatic rings. The molecule has 3 rings (SSSR count). The van der Waals surface area contributed by atoms with Crippen LogP contribution < -0.4 is 5.32 Å². The van der Waals surface area contributed by atoms with E-state index in [0.717, 1.165) is 34.8 Å². The van der Waals surface area contributed by atoms with E-state index in [1.54, 1.807) is 0 Å². The molecule has 1 atom stereocenters. The van der Waals surface area contributed by atoms with Crippen molar-refractivity contribution in [3.63, 3.8) is 0 Å². The number of amides is 1. The number of aromatic nitrogens is 3. The quantitative estimate of drug-likeness (QED) is 0.930. The van der Waals surface area contributed by atoms with Gasteiger partial charge in [-0.2, -0.15) is 5.10 Å². The molecule has 0 saturated carbocycles. The van der Waals surface area contributed by atoms with Gasteiger partial charge in [-0.05, 0) is 32.4 Å². The van der Waals surface area contributed by atoms with Crippen molar-refractivity contribution in [1.82, 2.24) is 20.3 Å². The fourth-order valence-electron chi connectivity index (χ4n) is 3.14. The van der Waals surface area contributed by atoms with E-state index < -0.39 is 0 Å². The van der Waals surface area contributed by atoms with E-state index in [1.807, 2.05) is 38.8 Å². The first kappa shape index (κ1) is 15.5. The zero-order valence-electron chi connectivity index (χ0n) is 13.9. The molecule has 0 unspecified atom stereocenters. The van der Waals surface area contributed by atoms with E-state index in [2.05, 4.69) is 20.7 Å². The first-order chi connectivity index (χ1) is 11.0. The minimum absolute atomic E-state index is 0.0906. The molecule has 7 heteroatoms. The molecule has 7 nitrogen and oxygen atoms in total. The predicted octanol–water partition coefficient (Wildman–Crippen LogP) is 1.81. The third kappa shape index (κ3) is 2.78. The molecule has 23 heavy (non-hydrogen) atoms. The largest absolute Gasteiger partial charge is 0.372 e. The number of aryl methyl sites for hydroxylation is 2. The average molecular weight is 315 g/mol. The van der Waals surface area contributed by atoms with Gasteiger partial charge in [-0.15, -0.1) is 5.10 Å². The Bertz CT molecular complexity index is 721. The highest BCUT2D eigenvalue weighted by molar-refractivity contribution is 5.84. The number of nitrogens with zero attached hydrogens (tertiary/aromatic N) is 4. The van der Waals surface area contributed by atoms with Crippen LogP contribution in [0.3, 0.4) is 0 Å². The van der Waals surface area contributed by atoms with Crippen LogP contribution in [0.25, 0.3) is 0 Å². The van der Waals surface area contributed by atoms with Gasteiger partial charge in [-0.3, -0.25) is 4.79 Å². The molecule has 0 aromatic carbocycles. The van der Waals surface area contributed by atoms with Crippen LogP contribution in [0.4, 0.5) is 5.82 Å². The molecule has 1 N–H and O–H groups in total. The lowest BCUT2D eigenvalue weighted by molar-refractivity contribution is -0.133. The van der Waals surface area contributed by atoms with Gasteiger partial charge in [0.2, 0.25) is 5.91 Å². The second-order valence-corrected chi connectivity index (χ2v) is 5.92. The highest BCUT2D eigenvalue weighted by atomic mass is 16.5. The van der Waals surface area contributed by atoms with Crippen molar-refractivity contribution in [2.75, 3.05) is 18.9 Å². The Morgan fingerprint density at radius 3 is 2.83 bits per heavy atom. The van der Waals surface area contributed by atoms with Crippen molar-refractivity contribution in [2.45, 2.75) is 39.7 Å². The average Bonchev–Trinajstić information content (AvgIpc) is 2.91. The molecule has 0 spiro atoms. The highest BCUT2D eigenvalue weighted by Gasteiger charge is 2.29. The number of rotatable bonds is 3. The summed E-state index contributed by atoms with van der Waals surface area (Å²) in [6.45, 7) is 6.85. The number of hydrogen-bond acceptors (Lipinski definition) is 6. The van der Waals surface area contributed by atoms with Crippen LogP contribution in [0.1, 0.15) is 41.1 Å². The third-order valence-corrected chi connectivity index (χ3v) is 4.40. The molecule has 0 saturated heterocycles. The Labute approximate surface area is 135 Å². The van der Waals surface area contributed by atoms with Crippen molar-refractivity contribution in [1.29, 1.82) is 0 Å². The lowest BCUT2D eigenvalue weighted by Crippen LogP contribution is -2.39. The number of hydrogen-bond donors (Lipinski definition) is 1. The Morgan fingerprint density at radius 2 is 2.17 bits per heavy atom. The number of carbonyl (C=O) groups is 1. The maximum atomic E-state index is 12.9. The van der Waals surface area contributed by atoms with Crippen LogP contribution in [0, 0.1) is 13.8 Å².